The Bertz CT molecular complexity index is 5540. The second-order valence-electron chi connectivity index (χ2n) is 27.5. The number of rotatable bonds is 10. The van der Waals surface area contributed by atoms with Gasteiger partial charge >= 0.3 is 0 Å². The molecule has 2 aromatic heterocycles. The largest absolute Gasteiger partial charge is 0.310 e. The maximum absolute atomic E-state index is 2.69. The zero-order chi connectivity index (χ0) is 65.9. The van der Waals surface area contributed by atoms with Gasteiger partial charge in [0.25, 0.3) is 6.71 Å². The summed E-state index contributed by atoms with van der Waals surface area (Å²) in [7, 11) is 0. The molecule has 99 heavy (non-hydrogen) atoms. The average molecular weight is 1260 g/mol. The standard InChI is InChI=1S/C94H67BN4/c1-94(2,3)70-60-89-91-90(61-70)99(93-75(64-32-14-6-15-33-64)44-27-45-76(93)65-34-16-7-17-35-65)88-59-69(67-51-55-86-80(57-67)78-41-23-25-47-84(78)97(86)72-38-20-9-21-39-72)49-53-82(88)95(91)81-52-48-68(66-50-54-85-79(56-66)77-40-22-24-46-83(77)96(85)71-36-18-8-19-37-71)58-87(81)98(89)92-73(62-28-10-4-11-29-62)42-26-43-74(92)63-30-12-5-13-31-63/h4-61H,1-3H3. The van der Waals surface area contributed by atoms with Crippen LogP contribution >= 0.6 is 0 Å². The van der Waals surface area contributed by atoms with Crippen molar-refractivity contribution in [3.8, 4) is 78.1 Å². The van der Waals surface area contributed by atoms with E-state index in [-0.39, 0.29) is 12.1 Å². The molecule has 5 heteroatoms. The van der Waals surface area contributed by atoms with E-state index in [2.05, 4.69) is 392 Å². The van der Waals surface area contributed by atoms with Crippen molar-refractivity contribution in [2.75, 3.05) is 9.80 Å². The molecule has 0 radical (unpaired) electrons. The third kappa shape index (κ3) is 9.44. The average Bonchev–Trinajstić information content (AvgIpc) is 1.61. The molecular formula is C94H67BN4. The predicted octanol–water partition coefficient (Wildman–Crippen LogP) is 23.3. The van der Waals surface area contributed by atoms with Crippen LogP contribution in [0.4, 0.5) is 34.1 Å². The van der Waals surface area contributed by atoms with Crippen LogP contribution < -0.4 is 26.2 Å². The van der Waals surface area contributed by atoms with Crippen LogP contribution in [0.3, 0.4) is 0 Å². The molecule has 2 aliphatic heterocycles. The molecule has 0 unspecified atom stereocenters. The lowest BCUT2D eigenvalue weighted by molar-refractivity contribution is 0.590. The summed E-state index contributed by atoms with van der Waals surface area (Å²) >= 11 is 0. The number of fused-ring (bicyclic) bond motifs is 10. The van der Waals surface area contributed by atoms with E-state index in [1.54, 1.807) is 0 Å². The second kappa shape index (κ2) is 23.2. The fraction of sp³-hybridized carbons (Fsp3) is 0.0426. The summed E-state index contributed by atoms with van der Waals surface area (Å²) in [6, 6.07) is 131. The highest BCUT2D eigenvalue weighted by molar-refractivity contribution is 7.00. The van der Waals surface area contributed by atoms with Gasteiger partial charge in [0.15, 0.2) is 0 Å². The number of para-hydroxylation sites is 6. The van der Waals surface area contributed by atoms with Crippen molar-refractivity contribution in [2.45, 2.75) is 26.2 Å². The van der Waals surface area contributed by atoms with E-state index in [4.69, 9.17) is 0 Å². The van der Waals surface area contributed by atoms with Crippen molar-refractivity contribution in [1.82, 2.24) is 9.13 Å². The van der Waals surface area contributed by atoms with Crippen molar-refractivity contribution >= 4 is 101 Å². The maximum Gasteiger partial charge on any atom is 0.252 e. The monoisotopic (exact) mass is 1260 g/mol. The first kappa shape index (κ1) is 58.0. The Balaban J connectivity index is 0.928. The third-order valence-electron chi connectivity index (χ3n) is 20.8. The lowest BCUT2D eigenvalue weighted by atomic mass is 9.33. The Kier molecular flexibility index (Phi) is 13.6. The van der Waals surface area contributed by atoms with Gasteiger partial charge in [0.2, 0.25) is 0 Å². The molecule has 0 fully saturated rings. The Morgan fingerprint density at radius 3 is 0.919 bits per heavy atom. The van der Waals surface area contributed by atoms with Gasteiger partial charge in [-0.25, -0.2) is 0 Å². The predicted molar refractivity (Wildman–Crippen MR) is 420 cm³/mol. The SMILES string of the molecule is CC(C)(C)c1cc2c3c(c1)N(c1c(-c4ccccc4)cccc1-c1ccccc1)c1cc(-c4ccc5c(c4)c4ccccc4n5-c4ccccc4)ccc1B3c1ccc(-c3ccc4c(c3)c3ccccc3n4-c3ccccc3)cc1N2c1c(-c2ccccc2)cccc1-c1ccccc1. The third-order valence-corrected chi connectivity index (χ3v) is 20.8. The summed E-state index contributed by atoms with van der Waals surface area (Å²) in [5, 5.41) is 4.89. The lowest BCUT2D eigenvalue weighted by Crippen LogP contribution is -2.61. The van der Waals surface area contributed by atoms with E-state index in [0.717, 1.165) is 112 Å². The number of hydrogen-bond acceptors (Lipinski definition) is 2. The number of aromatic nitrogens is 2. The first-order chi connectivity index (χ1) is 48.8. The minimum absolute atomic E-state index is 0.199. The topological polar surface area (TPSA) is 16.3 Å². The highest BCUT2D eigenvalue weighted by Gasteiger charge is 2.46. The molecule has 0 aliphatic carbocycles. The Hall–Kier alpha value is -12.4. The van der Waals surface area contributed by atoms with Crippen LogP contribution in [-0.4, -0.2) is 15.8 Å². The lowest BCUT2D eigenvalue weighted by Gasteiger charge is -2.46. The van der Waals surface area contributed by atoms with E-state index in [0.29, 0.717) is 0 Å². The fourth-order valence-corrected chi connectivity index (χ4v) is 16.3. The molecule has 0 bridgehead atoms. The van der Waals surface area contributed by atoms with Gasteiger partial charge in [-0.3, -0.25) is 0 Å². The van der Waals surface area contributed by atoms with Crippen molar-refractivity contribution in [3.63, 3.8) is 0 Å². The highest BCUT2D eigenvalue weighted by Crippen LogP contribution is 2.54. The minimum Gasteiger partial charge on any atom is -0.310 e. The zero-order valence-electron chi connectivity index (χ0n) is 55.4. The molecule has 0 N–H and O–H groups in total. The van der Waals surface area contributed by atoms with Crippen molar-refractivity contribution < 1.29 is 0 Å². The molecule has 15 aromatic carbocycles. The number of hydrogen-bond donors (Lipinski definition) is 0. The number of anilines is 6. The van der Waals surface area contributed by atoms with E-state index in [9.17, 15) is 0 Å². The molecule has 19 rings (SSSR count). The molecule has 4 heterocycles. The van der Waals surface area contributed by atoms with Gasteiger partial charge in [-0.1, -0.05) is 288 Å². The van der Waals surface area contributed by atoms with Crippen molar-refractivity contribution in [1.29, 1.82) is 0 Å². The van der Waals surface area contributed by atoms with Crippen LogP contribution in [0, 0.1) is 0 Å². The summed E-state index contributed by atoms with van der Waals surface area (Å²) < 4.78 is 4.82. The molecule has 2 aliphatic rings. The first-order valence-electron chi connectivity index (χ1n) is 34.5. The van der Waals surface area contributed by atoms with E-state index < -0.39 is 0 Å². The van der Waals surface area contributed by atoms with Crippen LogP contribution in [0.1, 0.15) is 26.3 Å². The first-order valence-corrected chi connectivity index (χ1v) is 34.5. The molecule has 17 aromatic rings. The van der Waals surface area contributed by atoms with Crippen molar-refractivity contribution in [2.24, 2.45) is 0 Å². The zero-order valence-corrected chi connectivity index (χ0v) is 55.4. The van der Waals surface area contributed by atoms with Crippen LogP contribution in [0.5, 0.6) is 0 Å². The quantitative estimate of drug-likeness (QED) is 0.127. The van der Waals surface area contributed by atoms with Crippen LogP contribution in [0.25, 0.3) is 122 Å². The minimum atomic E-state index is -0.298. The van der Waals surface area contributed by atoms with Crippen molar-refractivity contribution in [3.05, 3.63) is 357 Å². The fourth-order valence-electron chi connectivity index (χ4n) is 16.3. The smallest absolute Gasteiger partial charge is 0.252 e. The Morgan fingerprint density at radius 1 is 0.242 bits per heavy atom. The van der Waals surface area contributed by atoms with Gasteiger partial charge in [0, 0.05) is 77.9 Å². The summed E-state index contributed by atoms with van der Waals surface area (Å²) in [6.45, 7) is 6.95. The van der Waals surface area contributed by atoms with Crippen LogP contribution in [0.15, 0.2) is 352 Å². The summed E-state index contributed by atoms with van der Waals surface area (Å²) in [6.07, 6.45) is 0. The van der Waals surface area contributed by atoms with E-state index >= 15 is 0 Å². The Morgan fingerprint density at radius 2 is 0.556 bits per heavy atom. The summed E-state index contributed by atoms with van der Waals surface area (Å²) in [4.78, 5) is 5.38. The molecule has 4 nitrogen and oxygen atoms in total. The molecule has 0 saturated carbocycles. The van der Waals surface area contributed by atoms with Gasteiger partial charge in [-0.05, 0) is 157 Å². The molecule has 466 valence electrons. The normalized spacial score (nSPS) is 12.5. The Labute approximate surface area is 577 Å². The van der Waals surface area contributed by atoms with E-state index in [1.807, 2.05) is 0 Å². The van der Waals surface area contributed by atoms with Crippen LogP contribution in [-0.2, 0) is 5.41 Å². The molecule has 0 spiro atoms. The van der Waals surface area contributed by atoms with Gasteiger partial charge in [0.1, 0.15) is 0 Å². The highest BCUT2D eigenvalue weighted by atomic mass is 15.2. The summed E-state index contributed by atoms with van der Waals surface area (Å²) in [5.74, 6) is 0. The van der Waals surface area contributed by atoms with Gasteiger partial charge in [-0.2, -0.15) is 0 Å². The van der Waals surface area contributed by atoms with E-state index in [1.165, 1.54) is 65.6 Å². The number of nitrogens with zero attached hydrogens (tertiary/aromatic N) is 4. The molecule has 0 atom stereocenters. The van der Waals surface area contributed by atoms with Crippen LogP contribution in [0.2, 0.25) is 0 Å². The van der Waals surface area contributed by atoms with Gasteiger partial charge < -0.3 is 18.9 Å². The molecular weight excluding hydrogens is 1200 g/mol. The second-order valence-corrected chi connectivity index (χ2v) is 27.5. The maximum atomic E-state index is 2.69. The van der Waals surface area contributed by atoms with Gasteiger partial charge in [0.05, 0.1) is 33.4 Å². The summed E-state index contributed by atoms with van der Waals surface area (Å²) in [5.41, 5.74) is 32.4. The number of benzene rings is 15. The molecule has 0 saturated heterocycles. The van der Waals surface area contributed by atoms with Gasteiger partial charge in [-0.15, -0.1) is 0 Å². The molecule has 0 amide bonds.